The van der Waals surface area contributed by atoms with E-state index in [1.807, 2.05) is 30.3 Å². The lowest BCUT2D eigenvalue weighted by Gasteiger charge is -2.20. The van der Waals surface area contributed by atoms with Crippen LogP contribution in [0.4, 0.5) is 9.59 Å². The number of nitrogens with one attached hydrogen (secondary N) is 2. The van der Waals surface area contributed by atoms with Crippen LogP contribution in [-0.2, 0) is 11.3 Å². The van der Waals surface area contributed by atoms with E-state index in [4.69, 9.17) is 9.57 Å². The van der Waals surface area contributed by atoms with Gasteiger partial charge in [-0.3, -0.25) is 4.90 Å². The van der Waals surface area contributed by atoms with Crippen molar-refractivity contribution in [3.63, 3.8) is 0 Å². The molecule has 1 aliphatic rings. The molecule has 0 aliphatic carbocycles. The minimum atomic E-state index is -0.751. The fraction of sp³-hybridized carbons (Fsp3) is 0.429. The van der Waals surface area contributed by atoms with Gasteiger partial charge in [0.1, 0.15) is 6.61 Å². The predicted octanol–water partition coefficient (Wildman–Crippen LogP) is 1.82. The Labute approximate surface area is 180 Å². The summed E-state index contributed by atoms with van der Waals surface area (Å²) >= 11 is 0. The summed E-state index contributed by atoms with van der Waals surface area (Å²) in [6, 6.07) is 12.0. The van der Waals surface area contributed by atoms with Gasteiger partial charge in [-0.2, -0.15) is 0 Å². The second kappa shape index (κ2) is 11.1. The average molecular weight is 432 g/mol. The van der Waals surface area contributed by atoms with Crippen molar-refractivity contribution in [2.24, 2.45) is 0 Å². The molecule has 0 saturated carbocycles. The second-order valence-corrected chi connectivity index (χ2v) is 7.31. The molecule has 2 amide bonds. The Hall–Kier alpha value is -3.40. The number of aromatic hydroxyl groups is 2. The van der Waals surface area contributed by atoms with Crippen molar-refractivity contribution in [2.75, 3.05) is 26.2 Å². The minimum absolute atomic E-state index is 0.0903. The zero-order valence-electron chi connectivity index (χ0n) is 17.2. The number of nitrogens with zero attached hydrogens (tertiary/aromatic N) is 2. The minimum Gasteiger partial charge on any atom is -0.492 e. The summed E-state index contributed by atoms with van der Waals surface area (Å²) < 4.78 is 5.90. The molecule has 1 aromatic heterocycles. The Kier molecular flexibility index (Phi) is 7.99. The lowest BCUT2D eigenvalue weighted by Crippen LogP contribution is -2.40. The highest BCUT2D eigenvalue weighted by molar-refractivity contribution is 5.68. The highest BCUT2D eigenvalue weighted by Crippen LogP contribution is 2.19. The highest BCUT2D eigenvalue weighted by Gasteiger charge is 2.21. The first kappa shape index (κ1) is 22.3. The van der Waals surface area contributed by atoms with Crippen LogP contribution in [0.2, 0.25) is 0 Å². The van der Waals surface area contributed by atoms with Gasteiger partial charge in [0, 0.05) is 37.8 Å². The molecule has 168 valence electrons. The summed E-state index contributed by atoms with van der Waals surface area (Å²) in [7, 11) is 0. The summed E-state index contributed by atoms with van der Waals surface area (Å²) in [6.45, 7) is 2.89. The number of carbonyl (C=O) groups excluding carboxylic acids is 2. The smallest absolute Gasteiger partial charge is 0.432 e. The number of benzene rings is 1. The van der Waals surface area contributed by atoms with E-state index in [2.05, 4.69) is 15.5 Å². The number of aromatic nitrogens is 1. The Bertz CT molecular complexity index is 837. The lowest BCUT2D eigenvalue weighted by atomic mass is 10.1. The Morgan fingerprint density at radius 2 is 1.74 bits per heavy atom. The standard InChI is InChI=1S/C21H28N4O6/c26-18-8-9-19(27)25(18)31-21(29)23-17-7-4-11-24(12-10-17)13-14-30-20(28)22-15-16-5-2-1-3-6-16/h1-3,5-6,8-9,17,26-27H,4,7,10-15H2,(H,22,28)(H,23,29)/t17-/m0/s1. The molecule has 2 aromatic rings. The molecular formula is C21H28N4O6. The first-order valence-electron chi connectivity index (χ1n) is 10.3. The van der Waals surface area contributed by atoms with Crippen molar-refractivity contribution in [3.05, 3.63) is 48.0 Å². The van der Waals surface area contributed by atoms with E-state index in [-0.39, 0.29) is 24.4 Å². The maximum absolute atomic E-state index is 12.0. The molecule has 0 bridgehead atoms. The Morgan fingerprint density at radius 3 is 2.48 bits per heavy atom. The van der Waals surface area contributed by atoms with Gasteiger partial charge >= 0.3 is 12.2 Å². The van der Waals surface area contributed by atoms with Crippen LogP contribution >= 0.6 is 0 Å². The van der Waals surface area contributed by atoms with Gasteiger partial charge in [0.15, 0.2) is 0 Å². The first-order chi connectivity index (χ1) is 15.0. The van der Waals surface area contributed by atoms with Crippen molar-refractivity contribution < 1.29 is 29.4 Å². The van der Waals surface area contributed by atoms with Crippen LogP contribution in [0.5, 0.6) is 11.8 Å². The van der Waals surface area contributed by atoms with Gasteiger partial charge in [-0.25, -0.2) is 9.59 Å². The third-order valence-electron chi connectivity index (χ3n) is 5.03. The largest absolute Gasteiger partial charge is 0.492 e. The number of rotatable bonds is 7. The van der Waals surface area contributed by atoms with E-state index in [9.17, 15) is 19.8 Å². The number of alkyl carbamates (subject to hydrolysis) is 1. The normalized spacial score (nSPS) is 16.8. The van der Waals surface area contributed by atoms with Crippen LogP contribution in [0.3, 0.4) is 0 Å². The predicted molar refractivity (Wildman–Crippen MR) is 112 cm³/mol. The number of carbonyl (C=O) groups is 2. The van der Waals surface area contributed by atoms with Crippen LogP contribution in [0.25, 0.3) is 0 Å². The van der Waals surface area contributed by atoms with Crippen LogP contribution < -0.4 is 15.5 Å². The highest BCUT2D eigenvalue weighted by atomic mass is 16.7. The van der Waals surface area contributed by atoms with E-state index in [0.29, 0.717) is 24.2 Å². The van der Waals surface area contributed by atoms with Gasteiger partial charge in [-0.15, -0.1) is 4.73 Å². The van der Waals surface area contributed by atoms with Gasteiger partial charge < -0.3 is 30.4 Å². The topological polar surface area (TPSA) is 125 Å². The molecule has 0 radical (unpaired) electrons. The maximum Gasteiger partial charge on any atom is 0.432 e. The zero-order valence-corrected chi connectivity index (χ0v) is 17.2. The molecule has 1 aliphatic heterocycles. The molecule has 0 spiro atoms. The molecule has 2 heterocycles. The average Bonchev–Trinajstić information content (AvgIpc) is 2.94. The van der Waals surface area contributed by atoms with E-state index in [1.165, 1.54) is 12.1 Å². The fourth-order valence-corrected chi connectivity index (χ4v) is 3.38. The van der Waals surface area contributed by atoms with Gasteiger partial charge in [0.05, 0.1) is 0 Å². The Balaban J connectivity index is 1.32. The number of hydrogen-bond donors (Lipinski definition) is 4. The third-order valence-corrected chi connectivity index (χ3v) is 5.03. The second-order valence-electron chi connectivity index (χ2n) is 7.31. The Morgan fingerprint density at radius 1 is 1.00 bits per heavy atom. The number of likely N-dealkylation sites (tertiary alicyclic amines) is 1. The van der Waals surface area contributed by atoms with E-state index in [1.54, 1.807) is 0 Å². The third kappa shape index (κ3) is 7.10. The summed E-state index contributed by atoms with van der Waals surface area (Å²) in [5.74, 6) is -0.736. The van der Waals surface area contributed by atoms with Crippen molar-refractivity contribution in [3.8, 4) is 11.8 Å². The van der Waals surface area contributed by atoms with Gasteiger partial charge in [0.2, 0.25) is 11.8 Å². The maximum atomic E-state index is 12.0. The fourth-order valence-electron chi connectivity index (χ4n) is 3.38. The molecule has 1 saturated heterocycles. The van der Waals surface area contributed by atoms with Crippen LogP contribution in [-0.4, -0.2) is 64.3 Å². The molecule has 1 fully saturated rings. The number of ether oxygens (including phenoxy) is 1. The molecule has 1 atom stereocenters. The van der Waals surface area contributed by atoms with E-state index < -0.39 is 12.2 Å². The SMILES string of the molecule is O=C(NCc1ccccc1)OCCN1CCC[C@H](NC(=O)On2c(O)ccc2O)CC1. The molecule has 10 nitrogen and oxygen atoms in total. The first-order valence-corrected chi connectivity index (χ1v) is 10.3. The van der Waals surface area contributed by atoms with Crippen molar-refractivity contribution in [1.29, 1.82) is 0 Å². The summed E-state index contributed by atoms with van der Waals surface area (Å²) in [6.07, 6.45) is 1.15. The number of hydrogen-bond acceptors (Lipinski definition) is 7. The van der Waals surface area contributed by atoms with Gasteiger partial charge in [-0.05, 0) is 31.4 Å². The molecular weight excluding hydrogens is 404 g/mol. The monoisotopic (exact) mass is 432 g/mol. The summed E-state index contributed by atoms with van der Waals surface area (Å²) in [5.41, 5.74) is 1.01. The van der Waals surface area contributed by atoms with Crippen molar-refractivity contribution >= 4 is 12.2 Å². The van der Waals surface area contributed by atoms with Gasteiger partial charge in [-0.1, -0.05) is 30.3 Å². The molecule has 4 N–H and O–H groups in total. The quantitative estimate of drug-likeness (QED) is 0.526. The molecule has 3 rings (SSSR count). The zero-order chi connectivity index (χ0) is 22.1. The molecule has 31 heavy (non-hydrogen) atoms. The molecule has 0 unspecified atom stereocenters. The van der Waals surface area contributed by atoms with Crippen LogP contribution in [0.15, 0.2) is 42.5 Å². The van der Waals surface area contributed by atoms with Crippen LogP contribution in [0.1, 0.15) is 24.8 Å². The van der Waals surface area contributed by atoms with Crippen LogP contribution in [0, 0.1) is 0 Å². The van der Waals surface area contributed by atoms with Crippen molar-refractivity contribution in [1.82, 2.24) is 20.3 Å². The van der Waals surface area contributed by atoms with E-state index >= 15 is 0 Å². The lowest BCUT2D eigenvalue weighted by molar-refractivity contribution is 0.104. The summed E-state index contributed by atoms with van der Waals surface area (Å²) in [5, 5.41) is 24.5. The molecule has 10 heteroatoms. The van der Waals surface area contributed by atoms with Crippen molar-refractivity contribution in [2.45, 2.75) is 31.8 Å². The number of amides is 2. The van der Waals surface area contributed by atoms with E-state index in [0.717, 1.165) is 31.5 Å². The van der Waals surface area contributed by atoms with Gasteiger partial charge in [0.25, 0.3) is 0 Å². The molecule has 1 aromatic carbocycles. The summed E-state index contributed by atoms with van der Waals surface area (Å²) in [4.78, 5) is 31.0.